The van der Waals surface area contributed by atoms with Gasteiger partial charge in [-0.2, -0.15) is 0 Å². The van der Waals surface area contributed by atoms with E-state index >= 15 is 0 Å². The minimum absolute atomic E-state index is 0.0194. The third-order valence-corrected chi connectivity index (χ3v) is 6.42. The number of nitrogens with zero attached hydrogens (tertiary/aromatic N) is 1. The van der Waals surface area contributed by atoms with Gasteiger partial charge in [-0.05, 0) is 19.1 Å². The summed E-state index contributed by atoms with van der Waals surface area (Å²) in [7, 11) is -0.292. The van der Waals surface area contributed by atoms with Gasteiger partial charge in [0.25, 0.3) is 5.91 Å². The Labute approximate surface area is 129 Å². The lowest BCUT2D eigenvalue weighted by Crippen LogP contribution is -2.43. The van der Waals surface area contributed by atoms with Crippen LogP contribution in [-0.2, 0) is 14.8 Å². The number of rotatable bonds is 5. The highest BCUT2D eigenvalue weighted by Gasteiger charge is 2.34. The normalized spacial score (nSPS) is 22.7. The summed E-state index contributed by atoms with van der Waals surface area (Å²) in [4.78, 5) is 13.8. The molecule has 2 rings (SSSR count). The van der Waals surface area contributed by atoms with Gasteiger partial charge in [0.05, 0.1) is 29.9 Å². The quantitative estimate of drug-likeness (QED) is 0.861. The molecule has 0 saturated carbocycles. The summed E-state index contributed by atoms with van der Waals surface area (Å²) in [5.41, 5.74) is 0. The molecule has 0 unspecified atom stereocenters. The first-order valence-electron chi connectivity index (χ1n) is 6.65. The van der Waals surface area contributed by atoms with Crippen LogP contribution in [0.1, 0.15) is 14.5 Å². The van der Waals surface area contributed by atoms with Gasteiger partial charge >= 0.3 is 0 Å². The Hall–Kier alpha value is -0.960. The molecule has 118 valence electrons. The maximum atomic E-state index is 12.1. The fourth-order valence-electron chi connectivity index (χ4n) is 2.14. The average molecular weight is 332 g/mol. The zero-order valence-electron chi connectivity index (χ0n) is 12.3. The molecule has 1 aromatic heterocycles. The Morgan fingerprint density at radius 3 is 2.71 bits per heavy atom. The average Bonchev–Trinajstić information content (AvgIpc) is 2.99. The number of thiophene rings is 1. The summed E-state index contributed by atoms with van der Waals surface area (Å²) < 4.78 is 30.4. The van der Waals surface area contributed by atoms with E-state index in [0.29, 0.717) is 18.1 Å². The van der Waals surface area contributed by atoms with Crippen molar-refractivity contribution in [1.82, 2.24) is 9.62 Å². The molecule has 1 aromatic rings. The molecule has 1 aliphatic heterocycles. The van der Waals surface area contributed by atoms with Gasteiger partial charge in [0, 0.05) is 24.9 Å². The molecule has 2 atom stereocenters. The van der Waals surface area contributed by atoms with Crippen molar-refractivity contribution >= 4 is 27.3 Å². The molecule has 0 aromatic carbocycles. The number of carbonyl (C=O) groups is 1. The molecule has 0 radical (unpaired) electrons. The number of sulfonamides is 1. The Kier molecular flexibility index (Phi) is 5.03. The smallest absolute Gasteiger partial charge is 0.261 e. The van der Waals surface area contributed by atoms with Gasteiger partial charge in [-0.1, -0.05) is 0 Å². The summed E-state index contributed by atoms with van der Waals surface area (Å²) in [6.45, 7) is 2.64. The standard InChI is InChI=1S/C13H20N2O4S2/c1-9-4-5-12(20-9)13(16)14-11-7-19-6-10(11)8-21(17,18)15(2)3/h4-5,10-11H,6-8H2,1-3H3,(H,14,16)/t10-,11+/m0/s1. The molecule has 8 heteroatoms. The molecule has 21 heavy (non-hydrogen) atoms. The SMILES string of the molecule is Cc1ccc(C(=O)N[C@@H]2COC[C@H]2CS(=O)(=O)N(C)C)s1. The first-order valence-corrected chi connectivity index (χ1v) is 9.07. The maximum absolute atomic E-state index is 12.1. The van der Waals surface area contributed by atoms with E-state index in [4.69, 9.17) is 4.74 Å². The van der Waals surface area contributed by atoms with Gasteiger partial charge in [0.1, 0.15) is 0 Å². The van der Waals surface area contributed by atoms with Crippen molar-refractivity contribution in [2.45, 2.75) is 13.0 Å². The zero-order valence-corrected chi connectivity index (χ0v) is 14.0. The van der Waals surface area contributed by atoms with Gasteiger partial charge in [0.2, 0.25) is 10.0 Å². The number of ether oxygens (including phenoxy) is 1. The highest BCUT2D eigenvalue weighted by atomic mass is 32.2. The van der Waals surface area contributed by atoms with E-state index in [1.807, 2.05) is 13.0 Å². The van der Waals surface area contributed by atoms with Crippen LogP contribution in [0.15, 0.2) is 12.1 Å². The van der Waals surface area contributed by atoms with Crippen molar-refractivity contribution in [3.8, 4) is 0 Å². The van der Waals surface area contributed by atoms with Crippen molar-refractivity contribution in [2.75, 3.05) is 33.1 Å². The molecule has 1 saturated heterocycles. The molecule has 1 N–H and O–H groups in total. The predicted octanol–water partition coefficient (Wildman–Crippen LogP) is 0.693. The van der Waals surface area contributed by atoms with Crippen LogP contribution in [0.2, 0.25) is 0 Å². The maximum Gasteiger partial charge on any atom is 0.261 e. The molecule has 0 aliphatic carbocycles. The summed E-state index contributed by atoms with van der Waals surface area (Å²) in [6.07, 6.45) is 0. The minimum Gasteiger partial charge on any atom is -0.379 e. The monoisotopic (exact) mass is 332 g/mol. The lowest BCUT2D eigenvalue weighted by atomic mass is 10.1. The first kappa shape index (κ1) is 16.4. The Morgan fingerprint density at radius 1 is 1.43 bits per heavy atom. The molecular weight excluding hydrogens is 312 g/mol. The van der Waals surface area contributed by atoms with Gasteiger partial charge in [-0.25, -0.2) is 12.7 Å². The van der Waals surface area contributed by atoms with Crippen LogP contribution < -0.4 is 5.32 Å². The molecule has 1 amide bonds. The summed E-state index contributed by atoms with van der Waals surface area (Å²) in [6, 6.07) is 3.39. The molecule has 6 nitrogen and oxygen atoms in total. The minimum atomic E-state index is -3.31. The van der Waals surface area contributed by atoms with E-state index in [1.165, 1.54) is 29.7 Å². The third-order valence-electron chi connectivity index (χ3n) is 3.46. The molecule has 0 bridgehead atoms. The second-order valence-corrected chi connectivity index (χ2v) is 8.86. The molecular formula is C13H20N2O4S2. The van der Waals surface area contributed by atoms with E-state index in [-0.39, 0.29) is 23.6 Å². The Morgan fingerprint density at radius 2 is 2.14 bits per heavy atom. The van der Waals surface area contributed by atoms with Gasteiger partial charge in [-0.15, -0.1) is 11.3 Å². The fraction of sp³-hybridized carbons (Fsp3) is 0.615. The lowest BCUT2D eigenvalue weighted by Gasteiger charge is -2.20. The second-order valence-electron chi connectivity index (χ2n) is 5.35. The summed E-state index contributed by atoms with van der Waals surface area (Å²) in [5, 5.41) is 2.88. The third kappa shape index (κ3) is 4.03. The van der Waals surface area contributed by atoms with Crippen LogP contribution in [0.5, 0.6) is 0 Å². The highest BCUT2D eigenvalue weighted by Crippen LogP contribution is 2.19. The van der Waals surface area contributed by atoms with Gasteiger partial charge in [-0.3, -0.25) is 4.79 Å². The fourth-order valence-corrected chi connectivity index (χ4v) is 4.08. The molecule has 1 aliphatic rings. The number of amides is 1. The molecule has 1 fully saturated rings. The number of carbonyl (C=O) groups excluding carboxylic acids is 1. The Balaban J connectivity index is 2.01. The van der Waals surface area contributed by atoms with Crippen molar-refractivity contribution < 1.29 is 17.9 Å². The summed E-state index contributed by atoms with van der Waals surface area (Å²) >= 11 is 1.42. The number of nitrogens with one attached hydrogen (secondary N) is 1. The number of hydrogen-bond acceptors (Lipinski definition) is 5. The van der Waals surface area contributed by atoms with Crippen LogP contribution in [0.3, 0.4) is 0 Å². The van der Waals surface area contributed by atoms with Crippen molar-refractivity contribution in [1.29, 1.82) is 0 Å². The van der Waals surface area contributed by atoms with E-state index < -0.39 is 10.0 Å². The van der Waals surface area contributed by atoms with Crippen LogP contribution in [-0.4, -0.2) is 57.7 Å². The summed E-state index contributed by atoms with van der Waals surface area (Å²) in [5.74, 6) is -0.410. The lowest BCUT2D eigenvalue weighted by molar-refractivity contribution is 0.0930. The largest absolute Gasteiger partial charge is 0.379 e. The van der Waals surface area contributed by atoms with Crippen molar-refractivity contribution in [3.63, 3.8) is 0 Å². The van der Waals surface area contributed by atoms with Crippen LogP contribution in [0.4, 0.5) is 0 Å². The van der Waals surface area contributed by atoms with E-state index in [0.717, 1.165) is 4.88 Å². The van der Waals surface area contributed by atoms with Crippen molar-refractivity contribution in [3.05, 3.63) is 21.9 Å². The van der Waals surface area contributed by atoms with Gasteiger partial charge in [0.15, 0.2) is 0 Å². The zero-order chi connectivity index (χ0) is 15.6. The second kappa shape index (κ2) is 6.43. The predicted molar refractivity (Wildman–Crippen MR) is 82.1 cm³/mol. The number of aryl methyl sites for hydroxylation is 1. The first-order chi connectivity index (χ1) is 9.79. The van der Waals surface area contributed by atoms with Crippen LogP contribution in [0, 0.1) is 12.8 Å². The molecule has 0 spiro atoms. The Bertz CT molecular complexity index is 609. The van der Waals surface area contributed by atoms with Crippen LogP contribution in [0.25, 0.3) is 0 Å². The molecule has 2 heterocycles. The number of hydrogen-bond donors (Lipinski definition) is 1. The van der Waals surface area contributed by atoms with E-state index in [1.54, 1.807) is 6.07 Å². The highest BCUT2D eigenvalue weighted by molar-refractivity contribution is 7.89. The van der Waals surface area contributed by atoms with E-state index in [2.05, 4.69) is 5.32 Å². The topological polar surface area (TPSA) is 75.7 Å². The van der Waals surface area contributed by atoms with Crippen LogP contribution >= 0.6 is 11.3 Å². The van der Waals surface area contributed by atoms with Gasteiger partial charge < -0.3 is 10.1 Å². The van der Waals surface area contributed by atoms with Crippen molar-refractivity contribution in [2.24, 2.45) is 5.92 Å². The van der Waals surface area contributed by atoms with E-state index in [9.17, 15) is 13.2 Å².